The number of esters is 2. The normalized spacial score (nSPS) is 40.8. The average molecular weight is 533 g/mol. The molecule has 0 bridgehead atoms. The van der Waals surface area contributed by atoms with Crippen LogP contribution in [0.4, 0.5) is 0 Å². The number of ether oxygens (including phenoxy) is 3. The lowest BCUT2D eigenvalue weighted by Crippen LogP contribution is -2.63. The Morgan fingerprint density at radius 1 is 0.947 bits per heavy atom. The molecule has 1 saturated heterocycles. The van der Waals surface area contributed by atoms with Crippen molar-refractivity contribution in [3.05, 3.63) is 0 Å². The van der Waals surface area contributed by atoms with E-state index in [2.05, 4.69) is 55.4 Å². The molecule has 0 radical (unpaired) electrons. The van der Waals surface area contributed by atoms with Crippen molar-refractivity contribution in [3.8, 4) is 0 Å². The van der Waals surface area contributed by atoms with Crippen molar-refractivity contribution < 1.29 is 23.8 Å². The van der Waals surface area contributed by atoms with Crippen LogP contribution >= 0.6 is 0 Å². The maximum absolute atomic E-state index is 11.6. The highest BCUT2D eigenvalue weighted by Crippen LogP contribution is 2.84. The first-order chi connectivity index (χ1) is 17.5. The van der Waals surface area contributed by atoms with Crippen LogP contribution in [-0.4, -0.2) is 35.9 Å². The van der Waals surface area contributed by atoms with Gasteiger partial charge in [-0.1, -0.05) is 61.8 Å². The zero-order valence-corrected chi connectivity index (χ0v) is 26.1. The molecule has 5 heteroatoms. The third-order valence-electron chi connectivity index (χ3n) is 12.8. The number of rotatable bonds is 10. The van der Waals surface area contributed by atoms with Gasteiger partial charge in [-0.15, -0.1) is 0 Å². The van der Waals surface area contributed by atoms with E-state index in [0.29, 0.717) is 24.4 Å². The molecule has 0 aromatic rings. The first-order valence-corrected chi connectivity index (χ1v) is 15.5. The molecule has 0 spiro atoms. The number of carbonyl (C=O) groups excluding carboxylic acids is 2. The van der Waals surface area contributed by atoms with Gasteiger partial charge in [0.2, 0.25) is 0 Å². The maximum atomic E-state index is 11.6. The first-order valence-electron chi connectivity index (χ1n) is 15.5. The van der Waals surface area contributed by atoms with Gasteiger partial charge in [0.1, 0.15) is 17.3 Å². The Morgan fingerprint density at radius 2 is 1.63 bits per heavy atom. The minimum absolute atomic E-state index is 0.0226. The Bertz CT molecular complexity index is 924. The summed E-state index contributed by atoms with van der Waals surface area (Å²) in [5.74, 6) is 1.46. The SMILES string of the molecule is CCC(CCC[C@@H](C)[C@H]1CC[C@@]2(C)C34CC[C@@H](C(C)(C)COC(C)=O)C(C)(C)C3(CC[C@]12C)O4)OC(C)=O. The van der Waals surface area contributed by atoms with Crippen molar-refractivity contribution in [2.75, 3.05) is 6.61 Å². The zero-order chi connectivity index (χ0) is 28.4. The molecule has 0 amide bonds. The highest BCUT2D eigenvalue weighted by molar-refractivity contribution is 5.66. The van der Waals surface area contributed by atoms with Gasteiger partial charge >= 0.3 is 11.9 Å². The van der Waals surface area contributed by atoms with Crippen LogP contribution in [0.25, 0.3) is 0 Å². The third-order valence-corrected chi connectivity index (χ3v) is 12.8. The summed E-state index contributed by atoms with van der Waals surface area (Å²) < 4.78 is 18.3. The Hall–Kier alpha value is -1.10. The fourth-order valence-corrected chi connectivity index (χ4v) is 10.7. The Balaban J connectivity index is 1.49. The lowest BCUT2D eigenvalue weighted by atomic mass is 9.40. The van der Waals surface area contributed by atoms with Gasteiger partial charge < -0.3 is 14.2 Å². The molecule has 4 fully saturated rings. The Morgan fingerprint density at radius 3 is 2.24 bits per heavy atom. The molecule has 0 aromatic carbocycles. The first kappa shape index (κ1) is 29.9. The molecule has 3 saturated carbocycles. The van der Waals surface area contributed by atoms with Gasteiger partial charge in [-0.2, -0.15) is 0 Å². The van der Waals surface area contributed by atoms with Crippen molar-refractivity contribution in [1.29, 1.82) is 0 Å². The van der Waals surface area contributed by atoms with Crippen LogP contribution in [-0.2, 0) is 23.8 Å². The average Bonchev–Trinajstić information content (AvgIpc) is 3.45. The number of carbonyl (C=O) groups is 2. The standard InChI is InChI=1S/C33H56O5/c1-11-25(37-24(4)35)14-12-13-22(2)26-15-17-31(10)30(26,9)19-20-32-29(7,8)27(16-18-33(31,32)38-32)28(5,6)21-36-23(3)34/h22,25-27H,11-21H2,1-10H3/t22-,25?,26-,27+,30-,31-,32?,33?/m1/s1. The topological polar surface area (TPSA) is 65.1 Å². The summed E-state index contributed by atoms with van der Waals surface area (Å²) >= 11 is 0. The molecule has 4 aliphatic rings. The number of epoxide rings is 1. The summed E-state index contributed by atoms with van der Waals surface area (Å²) in [5.41, 5.74) is 0.308. The van der Waals surface area contributed by atoms with Crippen molar-refractivity contribution in [2.24, 2.45) is 39.4 Å². The summed E-state index contributed by atoms with van der Waals surface area (Å²) in [4.78, 5) is 23.0. The maximum Gasteiger partial charge on any atom is 0.302 e. The molecule has 3 unspecified atom stereocenters. The van der Waals surface area contributed by atoms with Crippen LogP contribution in [0.3, 0.4) is 0 Å². The minimum Gasteiger partial charge on any atom is -0.465 e. The van der Waals surface area contributed by atoms with E-state index in [1.807, 2.05) is 0 Å². The van der Waals surface area contributed by atoms with E-state index in [-0.39, 0.29) is 50.9 Å². The quantitative estimate of drug-likeness (QED) is 0.211. The highest BCUT2D eigenvalue weighted by atomic mass is 16.6. The smallest absolute Gasteiger partial charge is 0.302 e. The molecule has 4 rings (SSSR count). The highest BCUT2D eigenvalue weighted by Gasteiger charge is 2.89. The molecular formula is C33H56O5. The van der Waals surface area contributed by atoms with Crippen LogP contribution < -0.4 is 0 Å². The number of hydrogen-bond acceptors (Lipinski definition) is 5. The number of hydrogen-bond donors (Lipinski definition) is 0. The lowest BCUT2D eigenvalue weighted by molar-refractivity contribution is -0.150. The van der Waals surface area contributed by atoms with E-state index >= 15 is 0 Å². The van der Waals surface area contributed by atoms with Crippen molar-refractivity contribution in [2.45, 2.75) is 151 Å². The third kappa shape index (κ3) is 4.18. The van der Waals surface area contributed by atoms with Gasteiger partial charge in [0.15, 0.2) is 0 Å². The summed E-state index contributed by atoms with van der Waals surface area (Å²) in [7, 11) is 0. The molecule has 1 aliphatic heterocycles. The zero-order valence-electron chi connectivity index (χ0n) is 26.1. The molecule has 1 heterocycles. The van der Waals surface area contributed by atoms with Crippen molar-refractivity contribution >= 4 is 11.9 Å². The van der Waals surface area contributed by atoms with Crippen LogP contribution in [0, 0.1) is 39.4 Å². The number of fused-ring (bicyclic) bond motifs is 1. The molecule has 3 aliphatic carbocycles. The Labute approximate surface area is 232 Å². The predicted molar refractivity (Wildman–Crippen MR) is 150 cm³/mol. The molecule has 218 valence electrons. The summed E-state index contributed by atoms with van der Waals surface area (Å²) in [6, 6.07) is 0. The van der Waals surface area contributed by atoms with Crippen LogP contribution in [0.2, 0.25) is 0 Å². The molecule has 0 N–H and O–H groups in total. The van der Waals surface area contributed by atoms with Crippen molar-refractivity contribution in [1.82, 2.24) is 0 Å². The van der Waals surface area contributed by atoms with E-state index in [1.54, 1.807) is 0 Å². The second kappa shape index (κ2) is 9.77. The van der Waals surface area contributed by atoms with Gasteiger partial charge in [0.05, 0.1) is 6.61 Å². The second-order valence-electron chi connectivity index (χ2n) is 15.3. The predicted octanol–water partition coefficient (Wildman–Crippen LogP) is 7.88. The lowest BCUT2D eigenvalue weighted by Gasteiger charge is -2.60. The van der Waals surface area contributed by atoms with Gasteiger partial charge in [0.25, 0.3) is 0 Å². The van der Waals surface area contributed by atoms with E-state index in [0.717, 1.165) is 38.5 Å². The van der Waals surface area contributed by atoms with Crippen molar-refractivity contribution in [3.63, 3.8) is 0 Å². The van der Waals surface area contributed by atoms with Gasteiger partial charge in [-0.3, -0.25) is 9.59 Å². The largest absolute Gasteiger partial charge is 0.465 e. The second-order valence-corrected chi connectivity index (χ2v) is 15.3. The van der Waals surface area contributed by atoms with E-state index in [1.165, 1.54) is 39.5 Å². The van der Waals surface area contributed by atoms with Crippen LogP contribution in [0.15, 0.2) is 0 Å². The molecule has 0 aromatic heterocycles. The molecule has 8 atom stereocenters. The molecule has 5 nitrogen and oxygen atoms in total. The minimum atomic E-state index is -0.189. The summed E-state index contributed by atoms with van der Waals surface area (Å²) in [6.45, 7) is 22.7. The van der Waals surface area contributed by atoms with E-state index in [9.17, 15) is 9.59 Å². The van der Waals surface area contributed by atoms with Gasteiger partial charge in [-0.25, -0.2) is 0 Å². The fraction of sp³-hybridized carbons (Fsp3) is 0.939. The van der Waals surface area contributed by atoms with E-state index < -0.39 is 0 Å². The van der Waals surface area contributed by atoms with Gasteiger partial charge in [0, 0.05) is 30.1 Å². The fourth-order valence-electron chi connectivity index (χ4n) is 10.7. The monoisotopic (exact) mass is 532 g/mol. The van der Waals surface area contributed by atoms with Crippen LogP contribution in [0.1, 0.15) is 133 Å². The van der Waals surface area contributed by atoms with Gasteiger partial charge in [-0.05, 0) is 81.0 Å². The van der Waals surface area contributed by atoms with Crippen LogP contribution in [0.5, 0.6) is 0 Å². The molecular weight excluding hydrogens is 476 g/mol. The van der Waals surface area contributed by atoms with E-state index in [4.69, 9.17) is 14.2 Å². The molecule has 38 heavy (non-hydrogen) atoms. The summed E-state index contributed by atoms with van der Waals surface area (Å²) in [5, 5.41) is 0. The summed E-state index contributed by atoms with van der Waals surface area (Å²) in [6.07, 6.45) is 11.4. The Kier molecular flexibility index (Phi) is 7.68.